The third-order valence-corrected chi connectivity index (χ3v) is 5.32. The number of ether oxygens (including phenoxy) is 3. The first-order chi connectivity index (χ1) is 16.3. The largest absolute Gasteiger partial charge is 0.497 e. The molecule has 0 aromatic heterocycles. The van der Waals surface area contributed by atoms with Crippen LogP contribution < -0.4 is 15.4 Å². The molecular weight excluding hydrogens is 466 g/mol. The topological polar surface area (TPSA) is 110 Å². The molecule has 0 aliphatic heterocycles. The van der Waals surface area contributed by atoms with Crippen molar-refractivity contribution in [3.05, 3.63) is 41.5 Å². The smallest absolute Gasteiger partial charge is 0.412 e. The fourth-order valence-electron chi connectivity index (χ4n) is 3.19. The minimum atomic E-state index is -0.726. The Morgan fingerprint density at radius 1 is 1.00 bits per heavy atom. The van der Waals surface area contributed by atoms with Gasteiger partial charge in [-0.05, 0) is 71.6 Å². The summed E-state index contributed by atoms with van der Waals surface area (Å²) in [7, 11) is 1.58. The van der Waals surface area contributed by atoms with Crippen LogP contribution in [0.5, 0.6) is 5.75 Å². The lowest BCUT2D eigenvalue weighted by Gasteiger charge is -2.24. The molecule has 2 aromatic carbocycles. The fourth-order valence-corrected chi connectivity index (χ4v) is 3.80. The van der Waals surface area contributed by atoms with E-state index < -0.39 is 23.4 Å². The number of carbonyl (C=O) groups is 2. The van der Waals surface area contributed by atoms with E-state index in [1.54, 1.807) is 48.7 Å². The molecule has 9 heteroatoms. The average molecular weight is 500 g/mol. The number of anilines is 1. The van der Waals surface area contributed by atoms with Gasteiger partial charge >= 0.3 is 12.2 Å². The van der Waals surface area contributed by atoms with Crippen molar-refractivity contribution in [1.29, 1.82) is 5.26 Å². The van der Waals surface area contributed by atoms with Crippen molar-refractivity contribution in [2.45, 2.75) is 64.2 Å². The molecule has 0 atom stereocenters. The summed E-state index contributed by atoms with van der Waals surface area (Å²) in [5, 5.41) is 15.5. The van der Waals surface area contributed by atoms with Gasteiger partial charge < -0.3 is 19.5 Å². The number of nitriles is 1. The van der Waals surface area contributed by atoms with E-state index in [1.807, 2.05) is 36.6 Å². The van der Waals surface area contributed by atoms with E-state index in [4.69, 9.17) is 14.2 Å². The van der Waals surface area contributed by atoms with E-state index >= 15 is 0 Å². The summed E-state index contributed by atoms with van der Waals surface area (Å²) in [4.78, 5) is 25.9. The van der Waals surface area contributed by atoms with Gasteiger partial charge in [0.15, 0.2) is 0 Å². The second-order valence-corrected chi connectivity index (χ2v) is 10.5. The van der Waals surface area contributed by atoms with Crippen LogP contribution in [0.3, 0.4) is 0 Å². The molecule has 2 aromatic rings. The molecule has 8 nitrogen and oxygen atoms in total. The predicted molar refractivity (Wildman–Crippen MR) is 138 cm³/mol. The zero-order valence-electron chi connectivity index (χ0n) is 21.5. The van der Waals surface area contributed by atoms with Gasteiger partial charge in [0, 0.05) is 22.6 Å². The van der Waals surface area contributed by atoms with Crippen molar-refractivity contribution in [3.8, 4) is 22.9 Å². The summed E-state index contributed by atoms with van der Waals surface area (Å²) in [6.45, 7) is 10.5. The number of nitrogens with one attached hydrogen (secondary N) is 2. The maximum absolute atomic E-state index is 12.8. The molecule has 35 heavy (non-hydrogen) atoms. The number of rotatable bonds is 6. The van der Waals surface area contributed by atoms with Crippen LogP contribution in [0.1, 0.15) is 52.7 Å². The molecule has 0 aliphatic carbocycles. The number of thioether (sulfide) groups is 1. The van der Waals surface area contributed by atoms with Gasteiger partial charge in [0.05, 0.1) is 18.4 Å². The van der Waals surface area contributed by atoms with Gasteiger partial charge in [-0.25, -0.2) is 9.59 Å². The zero-order chi connectivity index (χ0) is 26.4. The van der Waals surface area contributed by atoms with Crippen LogP contribution in [0, 0.1) is 11.3 Å². The van der Waals surface area contributed by atoms with Crippen LogP contribution in [-0.2, 0) is 16.0 Å². The Bertz CT molecular complexity index is 1110. The maximum atomic E-state index is 12.8. The Morgan fingerprint density at radius 3 is 2.06 bits per heavy atom. The average Bonchev–Trinajstić information content (AvgIpc) is 2.75. The molecule has 188 valence electrons. The standard InChI is InChI=1S/C26H33N3O5S/c1-25(2,3)33-23(30)28-15-20-19(14-27)21(35-8)13-18(16-9-11-17(32-7)12-10-16)22(20)29-24(31)34-26(4,5)6/h9-13H,15H2,1-8H3,(H,28,30)(H,29,31). The predicted octanol–water partition coefficient (Wildman–Crippen LogP) is 6.33. The van der Waals surface area contributed by atoms with Gasteiger partial charge in [-0.15, -0.1) is 11.8 Å². The summed E-state index contributed by atoms with van der Waals surface area (Å²) in [6, 6.07) is 11.4. The summed E-state index contributed by atoms with van der Waals surface area (Å²) in [6.07, 6.45) is 0.553. The molecule has 2 amide bonds. The highest BCUT2D eigenvalue weighted by atomic mass is 32.2. The molecule has 0 aliphatic rings. The highest BCUT2D eigenvalue weighted by Gasteiger charge is 2.24. The second-order valence-electron chi connectivity index (χ2n) is 9.68. The van der Waals surface area contributed by atoms with Gasteiger partial charge in [-0.3, -0.25) is 5.32 Å². The van der Waals surface area contributed by atoms with Crippen molar-refractivity contribution < 1.29 is 23.8 Å². The van der Waals surface area contributed by atoms with Gasteiger partial charge in [0.25, 0.3) is 0 Å². The summed E-state index contributed by atoms with van der Waals surface area (Å²) in [5.74, 6) is 0.681. The molecule has 0 fully saturated rings. The fraction of sp³-hybridized carbons (Fsp3) is 0.423. The molecule has 0 radical (unpaired) electrons. The number of hydrogen-bond donors (Lipinski definition) is 2. The Hall–Kier alpha value is -3.38. The lowest BCUT2D eigenvalue weighted by Crippen LogP contribution is -2.33. The number of benzene rings is 2. The van der Waals surface area contributed by atoms with E-state index in [0.717, 1.165) is 5.56 Å². The molecule has 2 rings (SSSR count). The second kappa shape index (κ2) is 11.4. The molecule has 0 spiro atoms. The van der Waals surface area contributed by atoms with Gasteiger partial charge in [-0.2, -0.15) is 5.26 Å². The SMILES string of the molecule is COc1ccc(-c2cc(SC)c(C#N)c(CNC(=O)OC(C)(C)C)c2NC(=O)OC(C)(C)C)cc1. The molecule has 0 saturated carbocycles. The van der Waals surface area contributed by atoms with Crippen molar-refractivity contribution >= 4 is 29.6 Å². The summed E-state index contributed by atoms with van der Waals surface area (Å²) in [5.41, 5.74) is 1.21. The first-order valence-electron chi connectivity index (χ1n) is 11.0. The van der Waals surface area contributed by atoms with Crippen molar-refractivity contribution in [2.24, 2.45) is 0 Å². The quantitative estimate of drug-likeness (QED) is 0.447. The molecule has 0 saturated heterocycles. The van der Waals surface area contributed by atoms with Crippen LogP contribution >= 0.6 is 11.8 Å². The number of amides is 2. The van der Waals surface area contributed by atoms with Gasteiger partial charge in [0.1, 0.15) is 23.0 Å². The Kier molecular flexibility index (Phi) is 9.05. The van der Waals surface area contributed by atoms with E-state index in [2.05, 4.69) is 16.7 Å². The van der Waals surface area contributed by atoms with Crippen LogP contribution in [-0.4, -0.2) is 36.8 Å². The van der Waals surface area contributed by atoms with E-state index in [0.29, 0.717) is 33.0 Å². The number of methoxy groups -OCH3 is 1. The van der Waals surface area contributed by atoms with Crippen molar-refractivity contribution in [3.63, 3.8) is 0 Å². The Balaban J connectivity index is 2.66. The summed E-state index contributed by atoms with van der Waals surface area (Å²) >= 11 is 1.40. The molecule has 0 heterocycles. The van der Waals surface area contributed by atoms with E-state index in [-0.39, 0.29) is 6.54 Å². The van der Waals surface area contributed by atoms with Crippen LogP contribution in [0.25, 0.3) is 11.1 Å². The molecule has 2 N–H and O–H groups in total. The Labute approximate surface area is 211 Å². The number of nitrogens with zero attached hydrogens (tertiary/aromatic N) is 1. The third-order valence-electron chi connectivity index (χ3n) is 4.56. The van der Waals surface area contributed by atoms with E-state index in [1.165, 1.54) is 11.8 Å². The normalized spacial score (nSPS) is 11.3. The highest BCUT2D eigenvalue weighted by Crippen LogP contribution is 2.39. The zero-order valence-corrected chi connectivity index (χ0v) is 22.3. The third kappa shape index (κ3) is 8.11. The minimum Gasteiger partial charge on any atom is -0.497 e. The summed E-state index contributed by atoms with van der Waals surface area (Å²) < 4.78 is 16.1. The molecule has 0 bridgehead atoms. The monoisotopic (exact) mass is 499 g/mol. The number of alkyl carbamates (subject to hydrolysis) is 1. The van der Waals surface area contributed by atoms with Crippen LogP contribution in [0.4, 0.5) is 15.3 Å². The lowest BCUT2D eigenvalue weighted by atomic mass is 9.96. The Morgan fingerprint density at radius 2 is 1.57 bits per heavy atom. The van der Waals surface area contributed by atoms with Crippen LogP contribution in [0.15, 0.2) is 35.2 Å². The van der Waals surface area contributed by atoms with Crippen molar-refractivity contribution in [1.82, 2.24) is 5.32 Å². The highest BCUT2D eigenvalue weighted by molar-refractivity contribution is 7.98. The van der Waals surface area contributed by atoms with Gasteiger partial charge in [-0.1, -0.05) is 12.1 Å². The maximum Gasteiger partial charge on any atom is 0.412 e. The first kappa shape index (κ1) is 27.9. The van der Waals surface area contributed by atoms with Crippen LogP contribution in [0.2, 0.25) is 0 Å². The van der Waals surface area contributed by atoms with Crippen molar-refractivity contribution in [2.75, 3.05) is 18.7 Å². The number of hydrogen-bond acceptors (Lipinski definition) is 7. The van der Waals surface area contributed by atoms with Gasteiger partial charge in [0.2, 0.25) is 0 Å². The molecular formula is C26H33N3O5S. The first-order valence-corrected chi connectivity index (χ1v) is 12.3. The van der Waals surface area contributed by atoms with E-state index in [9.17, 15) is 14.9 Å². The minimum absolute atomic E-state index is 0.0412. The molecule has 0 unspecified atom stereocenters. The lowest BCUT2D eigenvalue weighted by molar-refractivity contribution is 0.0523. The number of carbonyl (C=O) groups excluding carboxylic acids is 2.